The topological polar surface area (TPSA) is 47.0 Å². The van der Waals surface area contributed by atoms with E-state index >= 15 is 0 Å². The van der Waals surface area contributed by atoms with Crippen LogP contribution in [0.3, 0.4) is 0 Å². The highest BCUT2D eigenvalue weighted by Crippen LogP contribution is 2.20. The molecule has 0 unspecified atom stereocenters. The summed E-state index contributed by atoms with van der Waals surface area (Å²) >= 11 is 0. The second kappa shape index (κ2) is 3.69. The molecule has 0 saturated carbocycles. The Hall–Kier alpha value is -0.900. The van der Waals surface area contributed by atoms with Crippen LogP contribution in [0.2, 0.25) is 0 Å². The van der Waals surface area contributed by atoms with Gasteiger partial charge in [-0.2, -0.15) is 0 Å². The van der Waals surface area contributed by atoms with Crippen LogP contribution in [0.4, 0.5) is 0 Å². The zero-order valence-corrected chi connectivity index (χ0v) is 9.77. The molecular weight excluding hydrogens is 198 g/mol. The van der Waals surface area contributed by atoms with Crippen molar-refractivity contribution in [3.05, 3.63) is 23.0 Å². The van der Waals surface area contributed by atoms with Gasteiger partial charge in [0.25, 0.3) is 0 Å². The Morgan fingerprint density at radius 2 is 1.93 bits per heavy atom. The van der Waals surface area contributed by atoms with Crippen LogP contribution < -0.4 is 0 Å². The van der Waals surface area contributed by atoms with Crippen molar-refractivity contribution in [2.45, 2.75) is 32.1 Å². The Morgan fingerprint density at radius 3 is 2.36 bits per heavy atom. The first-order valence-electron chi connectivity index (χ1n) is 4.53. The predicted molar refractivity (Wildman–Crippen MR) is 56.2 cm³/mol. The molecule has 78 valence electrons. The molecule has 0 amide bonds. The van der Waals surface area contributed by atoms with Crippen LogP contribution in [0, 0.1) is 13.8 Å². The Bertz CT molecular complexity index is 449. The standard InChI is InChI=1S/C10H15NO2S/c1-5-9-7(2)10(14(4,12)13)6-11-8(9)3/h6H,5H2,1-4H3. The molecule has 1 rings (SSSR count). The third-order valence-electron chi connectivity index (χ3n) is 2.39. The van der Waals surface area contributed by atoms with E-state index in [0.29, 0.717) is 4.90 Å². The zero-order chi connectivity index (χ0) is 10.9. The predicted octanol–water partition coefficient (Wildman–Crippen LogP) is 1.66. The largest absolute Gasteiger partial charge is 0.260 e. The summed E-state index contributed by atoms with van der Waals surface area (Å²) in [6.07, 6.45) is 3.47. The monoisotopic (exact) mass is 213 g/mol. The summed E-state index contributed by atoms with van der Waals surface area (Å²) in [6, 6.07) is 0. The highest BCUT2D eigenvalue weighted by Gasteiger charge is 2.14. The van der Waals surface area contributed by atoms with Gasteiger partial charge in [0, 0.05) is 18.1 Å². The summed E-state index contributed by atoms with van der Waals surface area (Å²) in [6.45, 7) is 5.74. The van der Waals surface area contributed by atoms with Gasteiger partial charge in [-0.15, -0.1) is 0 Å². The summed E-state index contributed by atoms with van der Waals surface area (Å²) in [5, 5.41) is 0. The number of aryl methyl sites for hydroxylation is 1. The van der Waals surface area contributed by atoms with E-state index in [4.69, 9.17) is 0 Å². The molecule has 0 atom stereocenters. The van der Waals surface area contributed by atoms with Gasteiger partial charge in [-0.05, 0) is 31.4 Å². The lowest BCUT2D eigenvalue weighted by Crippen LogP contribution is -2.05. The zero-order valence-electron chi connectivity index (χ0n) is 8.96. The normalized spacial score (nSPS) is 11.7. The average Bonchev–Trinajstić information content (AvgIpc) is 2.02. The molecular formula is C10H15NO2S. The van der Waals surface area contributed by atoms with Crippen LogP contribution >= 0.6 is 0 Å². The molecule has 4 heteroatoms. The fourth-order valence-corrected chi connectivity index (χ4v) is 2.57. The van der Waals surface area contributed by atoms with Crippen LogP contribution in [0.5, 0.6) is 0 Å². The summed E-state index contributed by atoms with van der Waals surface area (Å²) in [5.41, 5.74) is 2.79. The van der Waals surface area contributed by atoms with E-state index < -0.39 is 9.84 Å². The minimum Gasteiger partial charge on any atom is -0.260 e. The highest BCUT2D eigenvalue weighted by atomic mass is 32.2. The second-order valence-electron chi connectivity index (χ2n) is 3.44. The van der Waals surface area contributed by atoms with Crippen LogP contribution in [0.1, 0.15) is 23.7 Å². The first kappa shape index (κ1) is 11.2. The SMILES string of the molecule is CCc1c(C)ncc(S(C)(=O)=O)c1C. The second-order valence-corrected chi connectivity index (χ2v) is 5.42. The Kier molecular flexibility index (Phi) is 2.95. The van der Waals surface area contributed by atoms with Gasteiger partial charge < -0.3 is 0 Å². The highest BCUT2D eigenvalue weighted by molar-refractivity contribution is 7.90. The lowest BCUT2D eigenvalue weighted by Gasteiger charge is -2.10. The summed E-state index contributed by atoms with van der Waals surface area (Å²) < 4.78 is 22.8. The molecule has 1 aromatic heterocycles. The Morgan fingerprint density at radius 1 is 1.36 bits per heavy atom. The van der Waals surface area contributed by atoms with Gasteiger partial charge in [0.2, 0.25) is 0 Å². The number of aromatic nitrogens is 1. The van der Waals surface area contributed by atoms with Gasteiger partial charge in [0.05, 0.1) is 4.90 Å². The molecule has 0 aliphatic rings. The number of hydrogen-bond acceptors (Lipinski definition) is 3. The Balaban J connectivity index is 3.52. The van der Waals surface area contributed by atoms with Gasteiger partial charge in [0.1, 0.15) is 0 Å². The maximum absolute atomic E-state index is 11.4. The van der Waals surface area contributed by atoms with E-state index in [2.05, 4.69) is 4.98 Å². The summed E-state index contributed by atoms with van der Waals surface area (Å²) in [4.78, 5) is 4.45. The van der Waals surface area contributed by atoms with Crippen LogP contribution in [-0.2, 0) is 16.3 Å². The number of nitrogens with zero attached hydrogens (tertiary/aromatic N) is 1. The molecule has 0 fully saturated rings. The van der Waals surface area contributed by atoms with Crippen molar-refractivity contribution >= 4 is 9.84 Å². The first-order chi connectivity index (χ1) is 6.38. The van der Waals surface area contributed by atoms with Crippen molar-refractivity contribution in [3.63, 3.8) is 0 Å². The maximum Gasteiger partial charge on any atom is 0.177 e. The van der Waals surface area contributed by atoms with Crippen molar-refractivity contribution in [1.29, 1.82) is 0 Å². The molecule has 14 heavy (non-hydrogen) atoms. The van der Waals surface area contributed by atoms with Crippen molar-refractivity contribution in [2.24, 2.45) is 0 Å². The van der Waals surface area contributed by atoms with Crippen LogP contribution in [0.15, 0.2) is 11.1 Å². The van der Waals surface area contributed by atoms with Crippen molar-refractivity contribution in [2.75, 3.05) is 6.26 Å². The molecule has 3 nitrogen and oxygen atoms in total. The van der Waals surface area contributed by atoms with E-state index in [9.17, 15) is 8.42 Å². The van der Waals surface area contributed by atoms with E-state index in [1.807, 2.05) is 20.8 Å². The molecule has 0 aliphatic carbocycles. The lowest BCUT2D eigenvalue weighted by molar-refractivity contribution is 0.600. The van der Waals surface area contributed by atoms with E-state index in [1.54, 1.807) is 0 Å². The smallest absolute Gasteiger partial charge is 0.177 e. The quantitative estimate of drug-likeness (QED) is 0.750. The van der Waals surface area contributed by atoms with Gasteiger partial charge in [-0.3, -0.25) is 4.98 Å². The third kappa shape index (κ3) is 1.95. The molecule has 0 aliphatic heterocycles. The molecule has 1 aromatic rings. The Labute approximate surface area is 85.1 Å². The number of hydrogen-bond donors (Lipinski definition) is 0. The molecule has 0 aromatic carbocycles. The number of sulfone groups is 1. The summed E-state index contributed by atoms with van der Waals surface area (Å²) in [7, 11) is -3.15. The molecule has 0 saturated heterocycles. The van der Waals surface area contributed by atoms with E-state index in [0.717, 1.165) is 23.2 Å². The fraction of sp³-hybridized carbons (Fsp3) is 0.500. The number of pyridine rings is 1. The van der Waals surface area contributed by atoms with Crippen molar-refractivity contribution in [1.82, 2.24) is 4.98 Å². The average molecular weight is 213 g/mol. The molecule has 0 radical (unpaired) electrons. The van der Waals surface area contributed by atoms with Gasteiger partial charge in [-0.1, -0.05) is 6.92 Å². The van der Waals surface area contributed by atoms with Gasteiger partial charge in [-0.25, -0.2) is 8.42 Å². The van der Waals surface area contributed by atoms with Gasteiger partial charge in [0.15, 0.2) is 9.84 Å². The van der Waals surface area contributed by atoms with Gasteiger partial charge >= 0.3 is 0 Å². The third-order valence-corrected chi connectivity index (χ3v) is 3.60. The van der Waals surface area contributed by atoms with Crippen molar-refractivity contribution in [3.8, 4) is 0 Å². The van der Waals surface area contributed by atoms with Crippen molar-refractivity contribution < 1.29 is 8.42 Å². The molecule has 0 N–H and O–H groups in total. The summed E-state index contributed by atoms with van der Waals surface area (Å²) in [5.74, 6) is 0. The van der Waals surface area contributed by atoms with E-state index in [1.165, 1.54) is 12.5 Å². The van der Waals surface area contributed by atoms with Crippen LogP contribution in [0.25, 0.3) is 0 Å². The van der Waals surface area contributed by atoms with Crippen LogP contribution in [-0.4, -0.2) is 19.7 Å². The molecule has 0 spiro atoms. The number of rotatable bonds is 2. The minimum atomic E-state index is -3.15. The molecule has 1 heterocycles. The van der Waals surface area contributed by atoms with E-state index in [-0.39, 0.29) is 0 Å². The lowest BCUT2D eigenvalue weighted by atomic mass is 10.1. The first-order valence-corrected chi connectivity index (χ1v) is 6.42. The minimum absolute atomic E-state index is 0.347. The molecule has 0 bridgehead atoms. The fourth-order valence-electron chi connectivity index (χ4n) is 1.65. The maximum atomic E-state index is 11.4.